The quantitative estimate of drug-likeness (QED) is 0.684. The summed E-state index contributed by atoms with van der Waals surface area (Å²) in [5, 5.41) is 9.13. The van der Waals surface area contributed by atoms with Gasteiger partial charge in [0, 0.05) is 6.61 Å². The van der Waals surface area contributed by atoms with Gasteiger partial charge in [0.1, 0.15) is 5.75 Å². The average Bonchev–Trinajstić information content (AvgIpc) is 2.34. The third kappa shape index (κ3) is 5.17. The fourth-order valence-corrected chi connectivity index (χ4v) is 1.81. The molecule has 0 saturated heterocycles. The van der Waals surface area contributed by atoms with Crippen LogP contribution < -0.4 is 4.74 Å². The smallest absolute Gasteiger partial charge is 0.119 e. The minimum atomic E-state index is 0.305. The van der Waals surface area contributed by atoms with Gasteiger partial charge >= 0.3 is 0 Å². The van der Waals surface area contributed by atoms with Crippen molar-refractivity contribution in [1.29, 1.82) is 0 Å². The van der Waals surface area contributed by atoms with E-state index in [1.54, 1.807) is 0 Å². The molecule has 1 aromatic rings. The minimum Gasteiger partial charge on any atom is -0.494 e. The highest BCUT2D eigenvalue weighted by Crippen LogP contribution is 2.14. The van der Waals surface area contributed by atoms with E-state index in [9.17, 15) is 0 Å². The molecule has 0 aliphatic heterocycles. The third-order valence-electron chi connectivity index (χ3n) is 2.72. The summed E-state index contributed by atoms with van der Waals surface area (Å²) in [6.45, 7) is 3.20. The second-order valence-electron chi connectivity index (χ2n) is 4.14. The lowest BCUT2D eigenvalue weighted by molar-refractivity contribution is 0.197. The van der Waals surface area contributed by atoms with Gasteiger partial charge < -0.3 is 9.84 Å². The SMILES string of the molecule is CCCC(CO)CCCOc1ccccc1. The predicted octanol–water partition coefficient (Wildman–Crippen LogP) is 3.25. The molecule has 0 radical (unpaired) electrons. The summed E-state index contributed by atoms with van der Waals surface area (Å²) < 4.78 is 5.60. The van der Waals surface area contributed by atoms with Gasteiger partial charge in [-0.3, -0.25) is 0 Å². The highest BCUT2D eigenvalue weighted by molar-refractivity contribution is 5.20. The molecule has 1 aromatic carbocycles. The zero-order valence-electron chi connectivity index (χ0n) is 10.1. The number of ether oxygens (including phenoxy) is 1. The van der Waals surface area contributed by atoms with Crippen molar-refractivity contribution >= 4 is 0 Å². The normalized spacial score (nSPS) is 12.4. The van der Waals surface area contributed by atoms with Crippen LogP contribution in [0.1, 0.15) is 32.6 Å². The molecule has 1 N–H and O–H groups in total. The lowest BCUT2D eigenvalue weighted by atomic mass is 9.99. The third-order valence-corrected chi connectivity index (χ3v) is 2.72. The monoisotopic (exact) mass is 222 g/mol. The van der Waals surface area contributed by atoms with Crippen molar-refractivity contribution in [3.63, 3.8) is 0 Å². The second kappa shape index (κ2) is 8.17. The Labute approximate surface area is 98.3 Å². The maximum Gasteiger partial charge on any atom is 0.119 e. The van der Waals surface area contributed by atoms with Crippen molar-refractivity contribution in [1.82, 2.24) is 0 Å². The van der Waals surface area contributed by atoms with Crippen LogP contribution in [0, 0.1) is 5.92 Å². The van der Waals surface area contributed by atoms with Crippen LogP contribution in [0.5, 0.6) is 5.75 Å². The number of para-hydroxylation sites is 1. The van der Waals surface area contributed by atoms with Gasteiger partial charge in [-0.25, -0.2) is 0 Å². The molecule has 2 heteroatoms. The van der Waals surface area contributed by atoms with E-state index >= 15 is 0 Å². The Morgan fingerprint density at radius 2 is 1.94 bits per heavy atom. The molecule has 0 spiro atoms. The molecular weight excluding hydrogens is 200 g/mol. The second-order valence-corrected chi connectivity index (χ2v) is 4.14. The van der Waals surface area contributed by atoms with Crippen LogP contribution in [-0.2, 0) is 0 Å². The van der Waals surface area contributed by atoms with E-state index in [0.29, 0.717) is 12.5 Å². The molecule has 0 bridgehead atoms. The molecule has 0 aromatic heterocycles. The molecule has 90 valence electrons. The van der Waals surface area contributed by atoms with Crippen LogP contribution in [0.2, 0.25) is 0 Å². The summed E-state index contributed by atoms with van der Waals surface area (Å²) in [6.07, 6.45) is 4.32. The topological polar surface area (TPSA) is 29.5 Å². The van der Waals surface area contributed by atoms with E-state index in [4.69, 9.17) is 9.84 Å². The largest absolute Gasteiger partial charge is 0.494 e. The Bertz CT molecular complexity index is 259. The van der Waals surface area contributed by atoms with Crippen molar-refractivity contribution in [3.8, 4) is 5.75 Å². The molecule has 0 amide bonds. The molecule has 1 atom stereocenters. The van der Waals surface area contributed by atoms with Gasteiger partial charge in [0.25, 0.3) is 0 Å². The lowest BCUT2D eigenvalue weighted by Crippen LogP contribution is -2.08. The Morgan fingerprint density at radius 3 is 2.56 bits per heavy atom. The first-order valence-corrected chi connectivity index (χ1v) is 6.15. The van der Waals surface area contributed by atoms with Crippen molar-refractivity contribution in [2.75, 3.05) is 13.2 Å². The van der Waals surface area contributed by atoms with E-state index in [0.717, 1.165) is 38.0 Å². The summed E-state index contributed by atoms with van der Waals surface area (Å²) >= 11 is 0. The van der Waals surface area contributed by atoms with E-state index in [-0.39, 0.29) is 0 Å². The van der Waals surface area contributed by atoms with Crippen molar-refractivity contribution in [2.24, 2.45) is 5.92 Å². The number of hydrogen-bond acceptors (Lipinski definition) is 2. The number of aliphatic hydroxyl groups is 1. The number of benzene rings is 1. The summed E-state index contributed by atoms with van der Waals surface area (Å²) in [5.41, 5.74) is 0. The van der Waals surface area contributed by atoms with Gasteiger partial charge in [0.05, 0.1) is 6.61 Å². The summed E-state index contributed by atoms with van der Waals surface area (Å²) in [7, 11) is 0. The minimum absolute atomic E-state index is 0.305. The van der Waals surface area contributed by atoms with Crippen molar-refractivity contribution < 1.29 is 9.84 Å². The molecule has 0 aliphatic rings. The molecule has 0 fully saturated rings. The van der Waals surface area contributed by atoms with Gasteiger partial charge in [-0.1, -0.05) is 31.5 Å². The Hall–Kier alpha value is -1.02. The maximum atomic E-state index is 9.13. The first-order valence-electron chi connectivity index (χ1n) is 6.15. The van der Waals surface area contributed by atoms with E-state index in [1.165, 1.54) is 0 Å². The summed E-state index contributed by atoms with van der Waals surface area (Å²) in [4.78, 5) is 0. The van der Waals surface area contributed by atoms with Crippen LogP contribution >= 0.6 is 0 Å². The van der Waals surface area contributed by atoms with E-state index < -0.39 is 0 Å². The zero-order chi connectivity index (χ0) is 11.6. The zero-order valence-corrected chi connectivity index (χ0v) is 10.1. The van der Waals surface area contributed by atoms with Crippen LogP contribution in [0.3, 0.4) is 0 Å². The molecule has 0 saturated carbocycles. The number of aliphatic hydroxyl groups excluding tert-OH is 1. The molecular formula is C14H22O2. The number of hydrogen-bond donors (Lipinski definition) is 1. The molecule has 1 unspecified atom stereocenters. The van der Waals surface area contributed by atoms with Crippen LogP contribution in [-0.4, -0.2) is 18.3 Å². The molecule has 2 nitrogen and oxygen atoms in total. The Kier molecular flexibility index (Phi) is 6.66. The fourth-order valence-electron chi connectivity index (χ4n) is 1.81. The van der Waals surface area contributed by atoms with Crippen LogP contribution in [0.15, 0.2) is 30.3 Å². The van der Waals surface area contributed by atoms with E-state index in [2.05, 4.69) is 6.92 Å². The standard InChI is InChI=1S/C14H22O2/c1-2-7-13(12-15)8-6-11-16-14-9-4-3-5-10-14/h3-5,9-10,13,15H,2,6-8,11-12H2,1H3. The average molecular weight is 222 g/mol. The Morgan fingerprint density at radius 1 is 1.19 bits per heavy atom. The first kappa shape index (κ1) is 13.0. The molecule has 0 aliphatic carbocycles. The fraction of sp³-hybridized carbons (Fsp3) is 0.571. The summed E-state index contributed by atoms with van der Waals surface area (Å²) in [5.74, 6) is 1.38. The molecule has 0 heterocycles. The molecule has 16 heavy (non-hydrogen) atoms. The van der Waals surface area contributed by atoms with Crippen LogP contribution in [0.4, 0.5) is 0 Å². The summed E-state index contributed by atoms with van der Waals surface area (Å²) in [6, 6.07) is 9.87. The van der Waals surface area contributed by atoms with Gasteiger partial charge in [-0.05, 0) is 37.3 Å². The van der Waals surface area contributed by atoms with Gasteiger partial charge in [0.15, 0.2) is 0 Å². The number of rotatable bonds is 8. The van der Waals surface area contributed by atoms with Crippen LogP contribution in [0.25, 0.3) is 0 Å². The molecule has 1 rings (SSSR count). The highest BCUT2D eigenvalue weighted by atomic mass is 16.5. The van der Waals surface area contributed by atoms with Crippen molar-refractivity contribution in [2.45, 2.75) is 32.6 Å². The van der Waals surface area contributed by atoms with Gasteiger partial charge in [-0.2, -0.15) is 0 Å². The maximum absolute atomic E-state index is 9.13. The highest BCUT2D eigenvalue weighted by Gasteiger charge is 2.05. The van der Waals surface area contributed by atoms with Crippen molar-refractivity contribution in [3.05, 3.63) is 30.3 Å². The first-order chi connectivity index (χ1) is 7.86. The Balaban J connectivity index is 2.11. The van der Waals surface area contributed by atoms with Gasteiger partial charge in [-0.15, -0.1) is 0 Å². The lowest BCUT2D eigenvalue weighted by Gasteiger charge is -2.12. The van der Waals surface area contributed by atoms with Gasteiger partial charge in [0.2, 0.25) is 0 Å². The van der Waals surface area contributed by atoms with E-state index in [1.807, 2.05) is 30.3 Å². The predicted molar refractivity (Wildman–Crippen MR) is 66.7 cm³/mol.